The Bertz CT molecular complexity index is 1070. The first kappa shape index (κ1) is 20.9. The van der Waals surface area contributed by atoms with Crippen LogP contribution in [0.2, 0.25) is 0 Å². The molecule has 0 spiro atoms. The van der Waals surface area contributed by atoms with Crippen LogP contribution in [0.1, 0.15) is 40.4 Å². The minimum atomic E-state index is -3.29. The van der Waals surface area contributed by atoms with Crippen LogP contribution in [0.4, 0.5) is 11.4 Å². The number of benzene rings is 2. The van der Waals surface area contributed by atoms with Gasteiger partial charge in [-0.2, -0.15) is 4.31 Å². The van der Waals surface area contributed by atoms with Crippen LogP contribution in [0.5, 0.6) is 0 Å². The van der Waals surface area contributed by atoms with Crippen molar-refractivity contribution < 1.29 is 18.1 Å². The third-order valence-electron chi connectivity index (χ3n) is 4.96. The van der Waals surface area contributed by atoms with Crippen molar-refractivity contribution in [3.05, 3.63) is 68.8 Å². The summed E-state index contributed by atoms with van der Waals surface area (Å²) in [5, 5.41) is 13.8. The van der Waals surface area contributed by atoms with E-state index >= 15 is 0 Å². The SMILES string of the molecule is CCCS(=O)(=O)N1CCc2ccc(NC(=O)c3ccc(C)c([N+](=O)[O-])c3)cc2C1. The quantitative estimate of drug-likeness (QED) is 0.573. The second kappa shape index (κ2) is 8.30. The number of carbonyl (C=O) groups excluding carboxylic acids is 1. The van der Waals surface area contributed by atoms with Gasteiger partial charge in [0.15, 0.2) is 0 Å². The van der Waals surface area contributed by atoms with Crippen LogP contribution in [0.3, 0.4) is 0 Å². The number of nitrogens with one attached hydrogen (secondary N) is 1. The molecule has 29 heavy (non-hydrogen) atoms. The molecule has 1 heterocycles. The number of sulfonamides is 1. The number of nitro benzene ring substituents is 1. The number of rotatable bonds is 6. The van der Waals surface area contributed by atoms with Crippen molar-refractivity contribution in [2.24, 2.45) is 0 Å². The average Bonchev–Trinajstić information content (AvgIpc) is 2.67. The number of hydrogen-bond donors (Lipinski definition) is 1. The number of carbonyl (C=O) groups is 1. The Balaban J connectivity index is 1.79. The van der Waals surface area contributed by atoms with Gasteiger partial charge in [0, 0.05) is 36.0 Å². The zero-order valence-electron chi connectivity index (χ0n) is 16.3. The lowest BCUT2D eigenvalue weighted by Crippen LogP contribution is -2.37. The zero-order chi connectivity index (χ0) is 21.2. The predicted molar refractivity (Wildman–Crippen MR) is 110 cm³/mol. The Morgan fingerprint density at radius 1 is 1.21 bits per heavy atom. The third-order valence-corrected chi connectivity index (χ3v) is 6.99. The van der Waals surface area contributed by atoms with Crippen LogP contribution in [-0.2, 0) is 23.0 Å². The molecule has 0 saturated carbocycles. The van der Waals surface area contributed by atoms with Gasteiger partial charge in [-0.25, -0.2) is 8.42 Å². The lowest BCUT2D eigenvalue weighted by atomic mass is 10.0. The second-order valence-electron chi connectivity index (χ2n) is 7.10. The highest BCUT2D eigenvalue weighted by Crippen LogP contribution is 2.26. The molecule has 0 saturated heterocycles. The molecule has 0 radical (unpaired) electrons. The minimum absolute atomic E-state index is 0.111. The summed E-state index contributed by atoms with van der Waals surface area (Å²) in [6.07, 6.45) is 1.18. The van der Waals surface area contributed by atoms with E-state index in [0.717, 1.165) is 11.1 Å². The number of fused-ring (bicyclic) bond motifs is 1. The Morgan fingerprint density at radius 3 is 2.66 bits per heavy atom. The predicted octanol–water partition coefficient (Wildman–Crippen LogP) is 3.25. The molecular weight excluding hydrogens is 394 g/mol. The topological polar surface area (TPSA) is 110 Å². The maximum Gasteiger partial charge on any atom is 0.273 e. The van der Waals surface area contributed by atoms with Gasteiger partial charge in [-0.05, 0) is 49.1 Å². The van der Waals surface area contributed by atoms with Gasteiger partial charge in [0.05, 0.1) is 10.7 Å². The highest BCUT2D eigenvalue weighted by atomic mass is 32.2. The van der Waals surface area contributed by atoms with Gasteiger partial charge in [0.1, 0.15) is 0 Å². The van der Waals surface area contributed by atoms with Crippen molar-refractivity contribution in [2.45, 2.75) is 33.2 Å². The fraction of sp³-hybridized carbons (Fsp3) is 0.350. The van der Waals surface area contributed by atoms with E-state index in [1.54, 1.807) is 19.1 Å². The van der Waals surface area contributed by atoms with E-state index in [-0.39, 0.29) is 23.5 Å². The molecule has 2 aromatic rings. The molecular formula is C20H23N3O5S. The molecule has 8 nitrogen and oxygen atoms in total. The van der Waals surface area contributed by atoms with Crippen LogP contribution in [0.25, 0.3) is 0 Å². The fourth-order valence-corrected chi connectivity index (χ4v) is 4.86. The Kier molecular flexibility index (Phi) is 5.99. The van der Waals surface area contributed by atoms with E-state index in [1.807, 2.05) is 13.0 Å². The van der Waals surface area contributed by atoms with Gasteiger partial charge in [0.2, 0.25) is 10.0 Å². The van der Waals surface area contributed by atoms with E-state index in [9.17, 15) is 23.3 Å². The lowest BCUT2D eigenvalue weighted by molar-refractivity contribution is -0.385. The average molecular weight is 417 g/mol. The Labute approximate surface area is 169 Å². The number of nitro groups is 1. The van der Waals surface area contributed by atoms with Crippen molar-refractivity contribution in [3.63, 3.8) is 0 Å². The summed E-state index contributed by atoms with van der Waals surface area (Å²) in [5.41, 5.74) is 2.98. The first-order chi connectivity index (χ1) is 13.7. The van der Waals surface area contributed by atoms with Gasteiger partial charge in [-0.15, -0.1) is 0 Å². The number of anilines is 1. The first-order valence-corrected chi connectivity index (χ1v) is 11.0. The van der Waals surface area contributed by atoms with Gasteiger partial charge >= 0.3 is 0 Å². The highest BCUT2D eigenvalue weighted by Gasteiger charge is 2.26. The van der Waals surface area contributed by atoms with Gasteiger partial charge in [0.25, 0.3) is 11.6 Å². The summed E-state index contributed by atoms with van der Waals surface area (Å²) in [7, 11) is -3.29. The Morgan fingerprint density at radius 2 is 1.97 bits per heavy atom. The molecule has 9 heteroatoms. The molecule has 0 bridgehead atoms. The minimum Gasteiger partial charge on any atom is -0.322 e. The maximum atomic E-state index is 12.5. The normalized spacial score (nSPS) is 14.3. The maximum absolute atomic E-state index is 12.5. The van der Waals surface area contributed by atoms with E-state index in [2.05, 4.69) is 5.32 Å². The molecule has 2 aromatic carbocycles. The highest BCUT2D eigenvalue weighted by molar-refractivity contribution is 7.89. The summed E-state index contributed by atoms with van der Waals surface area (Å²) in [5.74, 6) is -0.343. The second-order valence-corrected chi connectivity index (χ2v) is 9.18. The molecule has 1 N–H and O–H groups in total. The standard InChI is InChI=1S/C20H23N3O5S/c1-3-10-29(27,28)22-9-8-15-6-7-18(11-17(15)13-22)21-20(24)16-5-4-14(2)19(12-16)23(25)26/h4-7,11-12H,3,8-10,13H2,1-2H3,(H,21,24). The van der Waals surface area contributed by atoms with Crippen LogP contribution in [-0.4, -0.2) is 35.9 Å². The molecule has 1 amide bonds. The number of aryl methyl sites for hydroxylation is 1. The first-order valence-electron chi connectivity index (χ1n) is 9.37. The van der Waals surface area contributed by atoms with E-state index in [0.29, 0.717) is 30.6 Å². The Hall–Kier alpha value is -2.78. The number of nitrogens with zero attached hydrogens (tertiary/aromatic N) is 2. The molecule has 0 aliphatic carbocycles. The van der Waals surface area contributed by atoms with Crippen LogP contribution >= 0.6 is 0 Å². The monoisotopic (exact) mass is 417 g/mol. The van der Waals surface area contributed by atoms with Gasteiger partial charge < -0.3 is 5.32 Å². The van der Waals surface area contributed by atoms with Gasteiger partial charge in [-0.3, -0.25) is 14.9 Å². The molecule has 0 aromatic heterocycles. The van der Waals surface area contributed by atoms with Crippen molar-refractivity contribution in [1.29, 1.82) is 0 Å². The molecule has 0 unspecified atom stereocenters. The summed E-state index contributed by atoms with van der Waals surface area (Å²) in [6, 6.07) is 9.74. The van der Waals surface area contributed by atoms with Crippen molar-refractivity contribution in [2.75, 3.05) is 17.6 Å². The molecule has 3 rings (SSSR count). The molecule has 0 atom stereocenters. The smallest absolute Gasteiger partial charge is 0.273 e. The van der Waals surface area contributed by atoms with Crippen molar-refractivity contribution in [1.82, 2.24) is 4.31 Å². The van der Waals surface area contributed by atoms with Crippen LogP contribution in [0.15, 0.2) is 36.4 Å². The van der Waals surface area contributed by atoms with Crippen molar-refractivity contribution >= 4 is 27.3 Å². The summed E-state index contributed by atoms with van der Waals surface area (Å²) < 4.78 is 26.2. The molecule has 1 aliphatic heterocycles. The summed E-state index contributed by atoms with van der Waals surface area (Å²) >= 11 is 0. The largest absolute Gasteiger partial charge is 0.322 e. The van der Waals surface area contributed by atoms with E-state index in [4.69, 9.17) is 0 Å². The zero-order valence-corrected chi connectivity index (χ0v) is 17.2. The van der Waals surface area contributed by atoms with E-state index < -0.39 is 20.9 Å². The molecule has 154 valence electrons. The van der Waals surface area contributed by atoms with Crippen LogP contribution in [0, 0.1) is 17.0 Å². The third kappa shape index (κ3) is 4.63. The fourth-order valence-electron chi connectivity index (χ4n) is 3.38. The summed E-state index contributed by atoms with van der Waals surface area (Å²) in [4.78, 5) is 23.1. The number of amides is 1. The molecule has 0 fully saturated rings. The number of hydrogen-bond acceptors (Lipinski definition) is 5. The summed E-state index contributed by atoms with van der Waals surface area (Å²) in [6.45, 7) is 4.17. The van der Waals surface area contributed by atoms with Crippen LogP contribution < -0.4 is 5.32 Å². The lowest BCUT2D eigenvalue weighted by Gasteiger charge is -2.28. The van der Waals surface area contributed by atoms with Crippen molar-refractivity contribution in [3.8, 4) is 0 Å². The molecule has 1 aliphatic rings. The van der Waals surface area contributed by atoms with Gasteiger partial charge in [-0.1, -0.05) is 19.1 Å². The van der Waals surface area contributed by atoms with E-state index in [1.165, 1.54) is 22.5 Å².